The molecule has 90 valence electrons. The number of nitrogens with one attached hydrogen (secondary N) is 1. The van der Waals surface area contributed by atoms with Gasteiger partial charge in [-0.15, -0.1) is 0 Å². The predicted molar refractivity (Wildman–Crippen MR) is 67.1 cm³/mol. The molecule has 1 N–H and O–H groups in total. The molecule has 1 rings (SSSR count). The quantitative estimate of drug-likeness (QED) is 0.864. The molecule has 0 saturated heterocycles. The second-order valence-electron chi connectivity index (χ2n) is 4.64. The Morgan fingerprint density at radius 3 is 2.41 bits per heavy atom. The number of benzene rings is 1. The molecular formula is C14H18N2O. The van der Waals surface area contributed by atoms with E-state index in [1.807, 2.05) is 45.0 Å². The average Bonchev–Trinajstić information content (AvgIpc) is 2.26. The molecule has 0 aliphatic carbocycles. The lowest BCUT2D eigenvalue weighted by Gasteiger charge is -2.13. The largest absolute Gasteiger partial charge is 0.337 e. The number of carbonyl (C=O) groups excluding carboxylic acids is 1. The Morgan fingerprint density at radius 2 is 1.94 bits per heavy atom. The van der Waals surface area contributed by atoms with Crippen LogP contribution in [-0.4, -0.2) is 5.91 Å². The third kappa shape index (κ3) is 4.28. The van der Waals surface area contributed by atoms with Crippen LogP contribution in [0.2, 0.25) is 0 Å². The van der Waals surface area contributed by atoms with Crippen LogP contribution in [-0.2, 0) is 4.79 Å². The lowest BCUT2D eigenvalue weighted by atomic mass is 10.1. The van der Waals surface area contributed by atoms with Gasteiger partial charge in [-0.1, -0.05) is 43.7 Å². The number of rotatable bonds is 4. The first-order valence-corrected chi connectivity index (χ1v) is 5.78. The molecule has 1 aromatic rings. The van der Waals surface area contributed by atoms with E-state index < -0.39 is 6.04 Å². The van der Waals surface area contributed by atoms with Crippen LogP contribution in [0.15, 0.2) is 24.3 Å². The first-order chi connectivity index (χ1) is 8.02. The maximum atomic E-state index is 11.6. The first-order valence-electron chi connectivity index (χ1n) is 5.78. The van der Waals surface area contributed by atoms with Gasteiger partial charge in [-0.05, 0) is 18.4 Å². The Morgan fingerprint density at radius 1 is 1.35 bits per heavy atom. The summed E-state index contributed by atoms with van der Waals surface area (Å²) < 4.78 is 0. The van der Waals surface area contributed by atoms with E-state index in [9.17, 15) is 4.79 Å². The summed E-state index contributed by atoms with van der Waals surface area (Å²) in [4.78, 5) is 11.6. The Bertz CT molecular complexity index is 415. The molecule has 3 heteroatoms. The van der Waals surface area contributed by atoms with Crippen LogP contribution < -0.4 is 5.32 Å². The highest BCUT2D eigenvalue weighted by Gasteiger charge is 2.14. The van der Waals surface area contributed by atoms with Gasteiger partial charge in [0.2, 0.25) is 5.91 Å². The van der Waals surface area contributed by atoms with Crippen LogP contribution in [0.5, 0.6) is 0 Å². The highest BCUT2D eigenvalue weighted by atomic mass is 16.1. The second kappa shape index (κ2) is 6.05. The zero-order valence-electron chi connectivity index (χ0n) is 10.5. The summed E-state index contributed by atoms with van der Waals surface area (Å²) in [5, 5.41) is 11.8. The van der Waals surface area contributed by atoms with Gasteiger partial charge in [0.1, 0.15) is 6.04 Å². The third-order valence-corrected chi connectivity index (χ3v) is 2.44. The molecule has 0 bridgehead atoms. The van der Waals surface area contributed by atoms with Crippen LogP contribution in [0.4, 0.5) is 0 Å². The lowest BCUT2D eigenvalue weighted by molar-refractivity contribution is -0.122. The van der Waals surface area contributed by atoms with Gasteiger partial charge in [-0.2, -0.15) is 5.26 Å². The first kappa shape index (κ1) is 13.2. The molecule has 0 aliphatic rings. The standard InChI is InChI=1S/C14H18N2O/c1-10(2)8-14(17)16-13(9-15)12-6-4-11(3)5-7-12/h4-7,10,13H,8H2,1-3H3,(H,16,17). The molecule has 1 amide bonds. The molecule has 0 heterocycles. The van der Waals surface area contributed by atoms with E-state index in [1.165, 1.54) is 0 Å². The summed E-state index contributed by atoms with van der Waals surface area (Å²) in [5.74, 6) is 0.222. The van der Waals surface area contributed by atoms with E-state index in [-0.39, 0.29) is 5.91 Å². The number of nitriles is 1. The molecule has 0 aromatic heterocycles. The van der Waals surface area contributed by atoms with Gasteiger partial charge >= 0.3 is 0 Å². The van der Waals surface area contributed by atoms with Gasteiger partial charge < -0.3 is 5.32 Å². The summed E-state index contributed by atoms with van der Waals surface area (Å²) in [6.45, 7) is 5.95. The van der Waals surface area contributed by atoms with Gasteiger partial charge in [0, 0.05) is 6.42 Å². The van der Waals surface area contributed by atoms with Crippen LogP contribution in [0.1, 0.15) is 37.4 Å². The fraction of sp³-hybridized carbons (Fsp3) is 0.429. The van der Waals surface area contributed by atoms with E-state index >= 15 is 0 Å². The van der Waals surface area contributed by atoms with E-state index in [2.05, 4.69) is 11.4 Å². The van der Waals surface area contributed by atoms with Crippen molar-refractivity contribution in [1.29, 1.82) is 5.26 Å². The molecule has 1 aromatic carbocycles. The molecule has 0 aliphatic heterocycles. The van der Waals surface area contributed by atoms with E-state index in [0.29, 0.717) is 12.3 Å². The Kier molecular flexibility index (Phi) is 4.71. The summed E-state index contributed by atoms with van der Waals surface area (Å²) >= 11 is 0. The number of amides is 1. The molecule has 0 radical (unpaired) electrons. The minimum Gasteiger partial charge on any atom is -0.337 e. The van der Waals surface area contributed by atoms with Gasteiger partial charge in [-0.3, -0.25) is 4.79 Å². The lowest BCUT2D eigenvalue weighted by Crippen LogP contribution is -2.28. The summed E-state index contributed by atoms with van der Waals surface area (Å²) in [5.41, 5.74) is 1.97. The Hall–Kier alpha value is -1.82. The fourth-order valence-corrected chi connectivity index (χ4v) is 1.54. The second-order valence-corrected chi connectivity index (χ2v) is 4.64. The zero-order valence-corrected chi connectivity index (χ0v) is 10.5. The van der Waals surface area contributed by atoms with Crippen molar-refractivity contribution < 1.29 is 4.79 Å². The van der Waals surface area contributed by atoms with Crippen molar-refractivity contribution in [2.75, 3.05) is 0 Å². The number of carbonyl (C=O) groups is 1. The van der Waals surface area contributed by atoms with Crippen molar-refractivity contribution in [3.05, 3.63) is 35.4 Å². The monoisotopic (exact) mass is 230 g/mol. The van der Waals surface area contributed by atoms with Gasteiger partial charge in [0.05, 0.1) is 6.07 Å². The van der Waals surface area contributed by atoms with E-state index in [0.717, 1.165) is 11.1 Å². The molecule has 3 nitrogen and oxygen atoms in total. The van der Waals surface area contributed by atoms with Crippen LogP contribution >= 0.6 is 0 Å². The van der Waals surface area contributed by atoms with Crippen molar-refractivity contribution in [1.82, 2.24) is 5.32 Å². The number of hydrogen-bond acceptors (Lipinski definition) is 2. The van der Waals surface area contributed by atoms with Crippen LogP contribution in [0.3, 0.4) is 0 Å². The molecule has 17 heavy (non-hydrogen) atoms. The summed E-state index contributed by atoms with van der Waals surface area (Å²) in [6.07, 6.45) is 0.448. The van der Waals surface area contributed by atoms with Crippen molar-refractivity contribution in [3.63, 3.8) is 0 Å². The van der Waals surface area contributed by atoms with Crippen molar-refractivity contribution in [3.8, 4) is 6.07 Å². The highest BCUT2D eigenvalue weighted by Crippen LogP contribution is 2.13. The smallest absolute Gasteiger partial charge is 0.221 e. The normalized spacial score (nSPS) is 11.9. The maximum Gasteiger partial charge on any atom is 0.221 e. The number of hydrogen-bond donors (Lipinski definition) is 1. The predicted octanol–water partition coefficient (Wildman–Crippen LogP) is 2.72. The number of aryl methyl sites for hydroxylation is 1. The van der Waals surface area contributed by atoms with Crippen molar-refractivity contribution in [2.45, 2.75) is 33.2 Å². The van der Waals surface area contributed by atoms with Crippen molar-refractivity contribution in [2.24, 2.45) is 5.92 Å². The minimum atomic E-state index is -0.554. The highest BCUT2D eigenvalue weighted by molar-refractivity contribution is 5.77. The Labute approximate surface area is 102 Å². The van der Waals surface area contributed by atoms with E-state index in [1.54, 1.807) is 0 Å². The summed E-state index contributed by atoms with van der Waals surface area (Å²) in [7, 11) is 0. The molecule has 0 fully saturated rings. The third-order valence-electron chi connectivity index (χ3n) is 2.44. The minimum absolute atomic E-state index is 0.0767. The Balaban J connectivity index is 2.70. The average molecular weight is 230 g/mol. The molecule has 0 saturated carbocycles. The molecule has 0 spiro atoms. The van der Waals surface area contributed by atoms with Gasteiger partial charge in [0.15, 0.2) is 0 Å². The SMILES string of the molecule is Cc1ccc(C(C#N)NC(=O)CC(C)C)cc1. The molecular weight excluding hydrogens is 212 g/mol. The molecule has 1 atom stereocenters. The van der Waals surface area contributed by atoms with E-state index in [4.69, 9.17) is 5.26 Å². The maximum absolute atomic E-state index is 11.6. The van der Waals surface area contributed by atoms with Crippen LogP contribution in [0.25, 0.3) is 0 Å². The summed E-state index contributed by atoms with van der Waals surface area (Å²) in [6, 6.07) is 9.18. The fourth-order valence-electron chi connectivity index (χ4n) is 1.54. The topological polar surface area (TPSA) is 52.9 Å². The molecule has 1 unspecified atom stereocenters. The number of nitrogens with zero attached hydrogens (tertiary/aromatic N) is 1. The van der Waals surface area contributed by atoms with Crippen LogP contribution in [0, 0.1) is 24.2 Å². The van der Waals surface area contributed by atoms with Gasteiger partial charge in [0.25, 0.3) is 0 Å². The van der Waals surface area contributed by atoms with Crippen molar-refractivity contribution >= 4 is 5.91 Å². The van der Waals surface area contributed by atoms with Gasteiger partial charge in [-0.25, -0.2) is 0 Å². The zero-order chi connectivity index (χ0) is 12.8.